The summed E-state index contributed by atoms with van der Waals surface area (Å²) in [5, 5.41) is 12.1. The number of nitrogens with zero attached hydrogens (tertiary/aromatic N) is 3. The van der Waals surface area contributed by atoms with Crippen LogP contribution >= 0.6 is 0 Å². The van der Waals surface area contributed by atoms with E-state index in [1.54, 1.807) is 12.3 Å². The lowest BCUT2D eigenvalue weighted by Gasteiger charge is -2.14. The normalized spacial score (nSPS) is 10.6. The fraction of sp³-hybridized carbons (Fsp3) is 0.190. The highest BCUT2D eigenvalue weighted by Crippen LogP contribution is 2.25. The number of aryl methyl sites for hydroxylation is 1. The van der Waals surface area contributed by atoms with Gasteiger partial charge in [0.15, 0.2) is 0 Å². The molecule has 5 heteroatoms. The van der Waals surface area contributed by atoms with Crippen LogP contribution in [0.3, 0.4) is 0 Å². The molecular formula is C21H20N4O. The van der Waals surface area contributed by atoms with Gasteiger partial charge in [-0.05, 0) is 50.6 Å². The zero-order chi connectivity index (χ0) is 18.7. The highest BCUT2D eigenvalue weighted by atomic mass is 16.1. The molecule has 0 atom stereocenters. The van der Waals surface area contributed by atoms with E-state index >= 15 is 0 Å². The average Bonchev–Trinajstić information content (AvgIpc) is 3.11. The molecule has 1 aromatic heterocycles. The van der Waals surface area contributed by atoms with Crippen LogP contribution in [0.25, 0.3) is 17.1 Å². The Morgan fingerprint density at radius 1 is 1.23 bits per heavy atom. The Hall–Kier alpha value is -3.39. The van der Waals surface area contributed by atoms with E-state index in [4.69, 9.17) is 5.26 Å². The summed E-state index contributed by atoms with van der Waals surface area (Å²) < 4.78 is 1.94. The van der Waals surface area contributed by atoms with E-state index in [-0.39, 0.29) is 11.9 Å². The molecule has 5 nitrogen and oxygen atoms in total. The van der Waals surface area contributed by atoms with Crippen molar-refractivity contribution in [3.63, 3.8) is 0 Å². The van der Waals surface area contributed by atoms with Crippen molar-refractivity contribution in [2.24, 2.45) is 0 Å². The van der Waals surface area contributed by atoms with Crippen molar-refractivity contribution in [3.05, 3.63) is 71.5 Å². The molecule has 0 unspecified atom stereocenters. The highest BCUT2D eigenvalue weighted by Gasteiger charge is 2.14. The van der Waals surface area contributed by atoms with Gasteiger partial charge in [-0.1, -0.05) is 18.2 Å². The van der Waals surface area contributed by atoms with Crippen LogP contribution in [0.4, 0.5) is 0 Å². The SMILES string of the molecule is Cc1ccc(C(=O)NC(C)C)cc1-n1ccnc1-c1cccc(C#N)c1. The first-order valence-electron chi connectivity index (χ1n) is 8.45. The zero-order valence-electron chi connectivity index (χ0n) is 15.0. The fourth-order valence-corrected chi connectivity index (χ4v) is 2.79. The number of rotatable bonds is 4. The van der Waals surface area contributed by atoms with Crippen molar-refractivity contribution in [1.29, 1.82) is 5.26 Å². The molecule has 130 valence electrons. The Labute approximate surface area is 152 Å². The summed E-state index contributed by atoms with van der Waals surface area (Å²) in [6, 6.07) is 15.2. The Kier molecular flexibility index (Phi) is 4.85. The second-order valence-corrected chi connectivity index (χ2v) is 6.44. The van der Waals surface area contributed by atoms with E-state index in [0.29, 0.717) is 11.1 Å². The van der Waals surface area contributed by atoms with Crippen molar-refractivity contribution in [2.75, 3.05) is 0 Å². The average molecular weight is 344 g/mol. The Morgan fingerprint density at radius 3 is 2.77 bits per heavy atom. The van der Waals surface area contributed by atoms with Gasteiger partial charge in [0.2, 0.25) is 0 Å². The molecule has 0 bridgehead atoms. The van der Waals surface area contributed by atoms with E-state index in [1.165, 1.54) is 0 Å². The van der Waals surface area contributed by atoms with E-state index in [1.807, 2.05) is 67.9 Å². The van der Waals surface area contributed by atoms with Crippen molar-refractivity contribution >= 4 is 5.91 Å². The minimum absolute atomic E-state index is 0.0739. The number of benzene rings is 2. The molecule has 0 fully saturated rings. The third-order valence-corrected chi connectivity index (χ3v) is 4.04. The maximum Gasteiger partial charge on any atom is 0.251 e. The molecule has 0 aliphatic carbocycles. The van der Waals surface area contributed by atoms with Crippen LogP contribution < -0.4 is 5.32 Å². The summed E-state index contributed by atoms with van der Waals surface area (Å²) in [7, 11) is 0. The molecule has 2 aromatic carbocycles. The predicted octanol–water partition coefficient (Wildman–Crippen LogP) is 3.86. The second-order valence-electron chi connectivity index (χ2n) is 6.44. The van der Waals surface area contributed by atoms with E-state index < -0.39 is 0 Å². The monoisotopic (exact) mass is 344 g/mol. The minimum Gasteiger partial charge on any atom is -0.350 e. The molecule has 0 spiro atoms. The molecule has 0 aliphatic rings. The summed E-state index contributed by atoms with van der Waals surface area (Å²) in [4.78, 5) is 16.8. The molecule has 1 N–H and O–H groups in total. The van der Waals surface area contributed by atoms with Crippen molar-refractivity contribution in [1.82, 2.24) is 14.9 Å². The number of hydrogen-bond donors (Lipinski definition) is 1. The largest absolute Gasteiger partial charge is 0.350 e. The molecular weight excluding hydrogens is 324 g/mol. The van der Waals surface area contributed by atoms with E-state index in [0.717, 1.165) is 22.6 Å². The number of carbonyl (C=O) groups excluding carboxylic acids is 1. The third kappa shape index (κ3) is 3.50. The number of nitrogens with one attached hydrogen (secondary N) is 1. The van der Waals surface area contributed by atoms with Gasteiger partial charge in [-0.3, -0.25) is 9.36 Å². The minimum atomic E-state index is -0.102. The number of nitriles is 1. The second kappa shape index (κ2) is 7.24. The van der Waals surface area contributed by atoms with Gasteiger partial charge in [-0.25, -0.2) is 4.98 Å². The summed E-state index contributed by atoms with van der Waals surface area (Å²) in [5.74, 6) is 0.626. The summed E-state index contributed by atoms with van der Waals surface area (Å²) in [6.45, 7) is 5.86. The molecule has 1 heterocycles. The van der Waals surface area contributed by atoms with Gasteiger partial charge in [-0.2, -0.15) is 5.26 Å². The predicted molar refractivity (Wildman–Crippen MR) is 101 cm³/mol. The van der Waals surface area contributed by atoms with Gasteiger partial charge in [0.25, 0.3) is 5.91 Å². The molecule has 0 saturated heterocycles. The lowest BCUT2D eigenvalue weighted by atomic mass is 10.1. The zero-order valence-corrected chi connectivity index (χ0v) is 15.0. The number of aromatic nitrogens is 2. The number of amides is 1. The number of hydrogen-bond acceptors (Lipinski definition) is 3. The first-order valence-corrected chi connectivity index (χ1v) is 8.45. The lowest BCUT2D eigenvalue weighted by Crippen LogP contribution is -2.30. The Balaban J connectivity index is 2.07. The molecule has 3 aromatic rings. The quantitative estimate of drug-likeness (QED) is 0.781. The van der Waals surface area contributed by atoms with E-state index in [9.17, 15) is 4.79 Å². The van der Waals surface area contributed by atoms with Crippen molar-refractivity contribution in [3.8, 4) is 23.1 Å². The molecule has 0 saturated carbocycles. The highest BCUT2D eigenvalue weighted by molar-refractivity contribution is 5.95. The Morgan fingerprint density at radius 2 is 2.04 bits per heavy atom. The molecule has 26 heavy (non-hydrogen) atoms. The van der Waals surface area contributed by atoms with Crippen LogP contribution in [0.2, 0.25) is 0 Å². The summed E-state index contributed by atoms with van der Waals surface area (Å²) >= 11 is 0. The molecule has 0 radical (unpaired) electrons. The van der Waals surface area contributed by atoms with Gasteiger partial charge in [0.1, 0.15) is 5.82 Å². The number of imidazole rings is 1. The molecule has 0 aliphatic heterocycles. The van der Waals surface area contributed by atoms with Gasteiger partial charge in [0.05, 0.1) is 17.3 Å². The third-order valence-electron chi connectivity index (χ3n) is 4.04. The van der Waals surface area contributed by atoms with Crippen molar-refractivity contribution < 1.29 is 4.79 Å². The van der Waals surface area contributed by atoms with E-state index in [2.05, 4.69) is 16.4 Å². The van der Waals surface area contributed by atoms with Crippen LogP contribution in [0.15, 0.2) is 54.9 Å². The molecule has 3 rings (SSSR count). The smallest absolute Gasteiger partial charge is 0.251 e. The maximum atomic E-state index is 12.4. The standard InChI is InChI=1S/C21H20N4O/c1-14(2)24-21(26)18-8-7-15(3)19(12-18)25-10-9-23-20(25)17-6-4-5-16(11-17)13-22/h4-12,14H,1-3H3,(H,24,26). The summed E-state index contributed by atoms with van der Waals surface area (Å²) in [6.07, 6.45) is 3.58. The van der Waals surface area contributed by atoms with Crippen LogP contribution in [-0.4, -0.2) is 21.5 Å². The van der Waals surface area contributed by atoms with Crippen molar-refractivity contribution in [2.45, 2.75) is 26.8 Å². The Bertz CT molecular complexity index is 995. The fourth-order valence-electron chi connectivity index (χ4n) is 2.79. The van der Waals surface area contributed by atoms with Crippen LogP contribution in [0.1, 0.15) is 35.3 Å². The molecule has 1 amide bonds. The first kappa shape index (κ1) is 17.4. The summed E-state index contributed by atoms with van der Waals surface area (Å²) in [5.41, 5.74) is 3.95. The number of carbonyl (C=O) groups is 1. The van der Waals surface area contributed by atoms with Gasteiger partial charge < -0.3 is 5.32 Å². The van der Waals surface area contributed by atoms with Gasteiger partial charge in [-0.15, -0.1) is 0 Å². The van der Waals surface area contributed by atoms with Crippen LogP contribution in [0, 0.1) is 18.3 Å². The van der Waals surface area contributed by atoms with Crippen LogP contribution in [-0.2, 0) is 0 Å². The topological polar surface area (TPSA) is 70.7 Å². The lowest BCUT2D eigenvalue weighted by molar-refractivity contribution is 0.0943. The van der Waals surface area contributed by atoms with Crippen LogP contribution in [0.5, 0.6) is 0 Å². The maximum absolute atomic E-state index is 12.4. The van der Waals surface area contributed by atoms with Gasteiger partial charge >= 0.3 is 0 Å². The van der Waals surface area contributed by atoms with Gasteiger partial charge in [0, 0.05) is 29.6 Å². The first-order chi connectivity index (χ1) is 12.5.